The van der Waals surface area contributed by atoms with Crippen molar-refractivity contribution >= 4 is 46.0 Å². The van der Waals surface area contributed by atoms with Crippen LogP contribution in [0, 0.1) is 0 Å². The number of carbonyl (C=O) groups excluding carboxylic acids is 1. The molecule has 0 saturated carbocycles. The molecule has 6 heteroatoms. The lowest BCUT2D eigenvalue weighted by molar-refractivity contribution is -0.113. The Morgan fingerprint density at radius 1 is 0.967 bits per heavy atom. The number of rotatable bonds is 6. The molecule has 1 saturated heterocycles. The summed E-state index contributed by atoms with van der Waals surface area (Å²) in [7, 11) is 1.61. The molecule has 1 aliphatic heterocycles. The first-order chi connectivity index (χ1) is 14.7. The van der Waals surface area contributed by atoms with Crippen LogP contribution in [0.2, 0.25) is 0 Å². The smallest absolute Gasteiger partial charge is 0.270 e. The summed E-state index contributed by atoms with van der Waals surface area (Å²) in [5, 5.41) is 0. The fourth-order valence-electron chi connectivity index (χ4n) is 3.03. The fraction of sp³-hybridized carbons (Fsp3) is 0.0833. The molecule has 4 rings (SSSR count). The maximum atomic E-state index is 13.0. The van der Waals surface area contributed by atoms with Crippen LogP contribution in [0.1, 0.15) is 11.1 Å². The number of benzene rings is 3. The van der Waals surface area contributed by atoms with Crippen molar-refractivity contribution in [3.63, 3.8) is 0 Å². The molecule has 1 aliphatic rings. The summed E-state index contributed by atoms with van der Waals surface area (Å²) in [5.74, 6) is 1.30. The van der Waals surface area contributed by atoms with Crippen molar-refractivity contribution in [3.05, 3.63) is 94.9 Å². The van der Waals surface area contributed by atoms with E-state index in [4.69, 9.17) is 21.7 Å². The van der Waals surface area contributed by atoms with Gasteiger partial charge in [-0.2, -0.15) is 0 Å². The monoisotopic (exact) mass is 433 g/mol. The molecule has 3 aromatic carbocycles. The lowest BCUT2D eigenvalue weighted by Crippen LogP contribution is -2.27. The molecular formula is C24H19NO3S2. The number of anilines is 1. The van der Waals surface area contributed by atoms with Crippen molar-refractivity contribution in [2.45, 2.75) is 6.61 Å². The molecule has 0 atom stereocenters. The van der Waals surface area contributed by atoms with Crippen LogP contribution in [-0.2, 0) is 11.4 Å². The van der Waals surface area contributed by atoms with Crippen LogP contribution < -0.4 is 14.4 Å². The van der Waals surface area contributed by atoms with E-state index < -0.39 is 0 Å². The topological polar surface area (TPSA) is 38.8 Å². The number of ether oxygens (including phenoxy) is 2. The first-order valence-corrected chi connectivity index (χ1v) is 10.6. The molecule has 0 radical (unpaired) electrons. The average molecular weight is 434 g/mol. The Morgan fingerprint density at radius 2 is 1.67 bits per heavy atom. The van der Waals surface area contributed by atoms with Crippen LogP contribution >= 0.6 is 24.0 Å². The predicted molar refractivity (Wildman–Crippen MR) is 126 cm³/mol. The van der Waals surface area contributed by atoms with Gasteiger partial charge in [0.2, 0.25) is 0 Å². The first-order valence-electron chi connectivity index (χ1n) is 9.33. The van der Waals surface area contributed by atoms with Gasteiger partial charge in [-0.3, -0.25) is 9.69 Å². The van der Waals surface area contributed by atoms with E-state index in [0.29, 0.717) is 15.8 Å². The molecule has 0 spiro atoms. The summed E-state index contributed by atoms with van der Waals surface area (Å²) in [5.41, 5.74) is 2.64. The van der Waals surface area contributed by atoms with Gasteiger partial charge in [0.25, 0.3) is 5.91 Å². The van der Waals surface area contributed by atoms with Crippen LogP contribution in [0.5, 0.6) is 11.5 Å². The molecule has 1 fully saturated rings. The summed E-state index contributed by atoms with van der Waals surface area (Å²) in [4.78, 5) is 15.1. The Labute approximate surface area is 185 Å². The highest BCUT2D eigenvalue weighted by atomic mass is 32.2. The Hall–Kier alpha value is -3.09. The van der Waals surface area contributed by atoms with E-state index in [1.807, 2.05) is 84.9 Å². The largest absolute Gasteiger partial charge is 0.497 e. The Morgan fingerprint density at radius 3 is 2.40 bits per heavy atom. The Kier molecular flexibility index (Phi) is 6.16. The molecule has 30 heavy (non-hydrogen) atoms. The Balaban J connectivity index is 1.56. The van der Waals surface area contributed by atoms with Crippen molar-refractivity contribution in [2.24, 2.45) is 0 Å². The lowest BCUT2D eigenvalue weighted by atomic mass is 10.1. The summed E-state index contributed by atoms with van der Waals surface area (Å²) < 4.78 is 11.7. The van der Waals surface area contributed by atoms with E-state index in [1.54, 1.807) is 12.0 Å². The summed E-state index contributed by atoms with van der Waals surface area (Å²) in [6, 6.07) is 24.9. The molecule has 0 unspecified atom stereocenters. The summed E-state index contributed by atoms with van der Waals surface area (Å²) in [6.45, 7) is 0.457. The van der Waals surface area contributed by atoms with Crippen molar-refractivity contribution in [2.75, 3.05) is 12.0 Å². The number of para-hydroxylation sites is 1. The van der Waals surface area contributed by atoms with Crippen LogP contribution in [0.15, 0.2) is 83.8 Å². The average Bonchev–Trinajstić information content (AvgIpc) is 3.06. The van der Waals surface area contributed by atoms with Crippen LogP contribution in [0.4, 0.5) is 5.69 Å². The molecular weight excluding hydrogens is 414 g/mol. The van der Waals surface area contributed by atoms with Crippen molar-refractivity contribution in [3.8, 4) is 11.5 Å². The zero-order valence-electron chi connectivity index (χ0n) is 16.3. The number of amides is 1. The number of carbonyl (C=O) groups is 1. The zero-order chi connectivity index (χ0) is 20.9. The molecule has 0 N–H and O–H groups in total. The van der Waals surface area contributed by atoms with Crippen LogP contribution in [0.25, 0.3) is 6.08 Å². The van der Waals surface area contributed by atoms with Gasteiger partial charge in [0.05, 0.1) is 17.7 Å². The van der Waals surface area contributed by atoms with Gasteiger partial charge in [-0.15, -0.1) is 0 Å². The molecule has 1 amide bonds. The second-order valence-electron chi connectivity index (χ2n) is 6.53. The molecule has 0 aromatic heterocycles. The minimum Gasteiger partial charge on any atom is -0.497 e. The first kappa shape index (κ1) is 20.2. The van der Waals surface area contributed by atoms with Crippen LogP contribution in [-0.4, -0.2) is 17.3 Å². The van der Waals surface area contributed by atoms with Gasteiger partial charge in [-0.1, -0.05) is 72.5 Å². The van der Waals surface area contributed by atoms with Gasteiger partial charge in [0, 0.05) is 5.56 Å². The minimum absolute atomic E-state index is 0.145. The standard InChI is InChI=1S/C24H19NO3S2/c1-27-20-13-11-19(12-14-20)25-23(26)22(30-24(25)29)15-18-9-5-6-10-21(18)28-16-17-7-3-2-4-8-17/h2-15H,16H2,1H3/b22-15+. The van der Waals surface area contributed by atoms with E-state index in [2.05, 4.69) is 0 Å². The lowest BCUT2D eigenvalue weighted by Gasteiger charge is -2.14. The third-order valence-electron chi connectivity index (χ3n) is 4.57. The third kappa shape index (κ3) is 4.40. The molecule has 0 bridgehead atoms. The number of hydrogen-bond donors (Lipinski definition) is 0. The Bertz CT molecular complexity index is 1090. The molecule has 3 aromatic rings. The summed E-state index contributed by atoms with van der Waals surface area (Å²) >= 11 is 6.75. The fourth-order valence-corrected chi connectivity index (χ4v) is 4.32. The summed E-state index contributed by atoms with van der Waals surface area (Å²) in [6.07, 6.45) is 1.84. The highest BCUT2D eigenvalue weighted by molar-refractivity contribution is 8.27. The normalized spacial score (nSPS) is 15.0. The van der Waals surface area contributed by atoms with Crippen molar-refractivity contribution < 1.29 is 14.3 Å². The van der Waals surface area contributed by atoms with E-state index in [9.17, 15) is 4.79 Å². The SMILES string of the molecule is COc1ccc(N2C(=O)/C(=C\c3ccccc3OCc3ccccc3)SC2=S)cc1. The highest BCUT2D eigenvalue weighted by Gasteiger charge is 2.33. The van der Waals surface area contributed by atoms with Gasteiger partial charge in [0.1, 0.15) is 18.1 Å². The number of thiocarbonyl (C=S) groups is 1. The highest BCUT2D eigenvalue weighted by Crippen LogP contribution is 2.37. The second-order valence-corrected chi connectivity index (χ2v) is 8.20. The number of methoxy groups -OCH3 is 1. The van der Waals surface area contributed by atoms with E-state index in [1.165, 1.54) is 11.8 Å². The zero-order valence-corrected chi connectivity index (χ0v) is 17.9. The van der Waals surface area contributed by atoms with Gasteiger partial charge >= 0.3 is 0 Å². The van der Waals surface area contributed by atoms with Crippen LogP contribution in [0.3, 0.4) is 0 Å². The van der Waals surface area contributed by atoms with Crippen molar-refractivity contribution in [1.82, 2.24) is 0 Å². The molecule has 4 nitrogen and oxygen atoms in total. The number of nitrogens with zero attached hydrogens (tertiary/aromatic N) is 1. The molecule has 1 heterocycles. The van der Waals surface area contributed by atoms with Gasteiger partial charge in [-0.05, 0) is 42.0 Å². The quantitative estimate of drug-likeness (QED) is 0.369. The van der Waals surface area contributed by atoms with Crippen molar-refractivity contribution in [1.29, 1.82) is 0 Å². The minimum atomic E-state index is -0.145. The van der Waals surface area contributed by atoms with Gasteiger partial charge < -0.3 is 9.47 Å². The van der Waals surface area contributed by atoms with E-state index in [-0.39, 0.29) is 5.91 Å². The maximum absolute atomic E-state index is 13.0. The van der Waals surface area contributed by atoms with Gasteiger partial charge in [-0.25, -0.2) is 0 Å². The third-order valence-corrected chi connectivity index (χ3v) is 5.87. The second kappa shape index (κ2) is 9.15. The van der Waals surface area contributed by atoms with Gasteiger partial charge in [0.15, 0.2) is 4.32 Å². The van der Waals surface area contributed by atoms with E-state index in [0.717, 1.165) is 28.3 Å². The number of hydrogen-bond acceptors (Lipinski definition) is 5. The number of thioether (sulfide) groups is 1. The van der Waals surface area contributed by atoms with E-state index >= 15 is 0 Å². The maximum Gasteiger partial charge on any atom is 0.270 e. The molecule has 0 aliphatic carbocycles. The predicted octanol–water partition coefficient (Wildman–Crippen LogP) is 5.68. The molecule has 150 valence electrons.